The lowest BCUT2D eigenvalue weighted by molar-refractivity contribution is -0.121. The zero-order valence-corrected chi connectivity index (χ0v) is 11.2. The van der Waals surface area contributed by atoms with Crippen molar-refractivity contribution in [2.75, 3.05) is 13.2 Å². The highest BCUT2D eigenvalue weighted by Crippen LogP contribution is 2.22. The summed E-state index contributed by atoms with van der Waals surface area (Å²) in [4.78, 5) is 22.8. The van der Waals surface area contributed by atoms with Gasteiger partial charge in [-0.15, -0.1) is 5.10 Å². The Bertz CT molecular complexity index is 476. The molecule has 0 aliphatic rings. The molecule has 0 atom stereocenters. The van der Waals surface area contributed by atoms with Gasteiger partial charge >= 0.3 is 5.97 Å². The van der Waals surface area contributed by atoms with E-state index in [0.717, 1.165) is 4.68 Å². The molecule has 1 aromatic rings. The van der Waals surface area contributed by atoms with Crippen LogP contribution < -0.4 is 5.32 Å². The summed E-state index contributed by atoms with van der Waals surface area (Å²) in [6.45, 7) is 3.72. The van der Waals surface area contributed by atoms with Crippen molar-refractivity contribution in [1.29, 1.82) is 0 Å². The number of amides is 1. The number of hydrogen-bond donors (Lipinski definition) is 1. The minimum Gasteiger partial charge on any atom is -0.461 e. The predicted molar refractivity (Wildman–Crippen MR) is 64.2 cm³/mol. The normalized spacial score (nSPS) is 10.7. The SMILES string of the molecule is CCNC(=O)CCn1nnc(C(=O)OCC)c1C(F)F. The van der Waals surface area contributed by atoms with Crippen LogP contribution in [0, 0.1) is 0 Å². The van der Waals surface area contributed by atoms with E-state index in [1.807, 2.05) is 0 Å². The van der Waals surface area contributed by atoms with E-state index in [-0.39, 0.29) is 25.5 Å². The first-order valence-electron chi connectivity index (χ1n) is 6.16. The maximum absolute atomic E-state index is 13.0. The summed E-state index contributed by atoms with van der Waals surface area (Å²) in [5, 5.41) is 9.42. The molecule has 7 nitrogen and oxygen atoms in total. The molecule has 9 heteroatoms. The van der Waals surface area contributed by atoms with Crippen molar-refractivity contribution in [2.45, 2.75) is 33.2 Å². The standard InChI is InChI=1S/C11H16F2N4O3/c1-3-14-7(18)5-6-17-9(10(12)13)8(15-16-17)11(19)20-4-2/h10H,3-6H2,1-2H3,(H,14,18). The number of nitrogens with zero attached hydrogens (tertiary/aromatic N) is 3. The predicted octanol–water partition coefficient (Wildman–Crippen LogP) is 0.919. The minimum absolute atomic E-state index is 0.0286. The highest BCUT2D eigenvalue weighted by Gasteiger charge is 2.27. The molecular weight excluding hydrogens is 274 g/mol. The van der Waals surface area contributed by atoms with Crippen molar-refractivity contribution in [2.24, 2.45) is 0 Å². The maximum Gasteiger partial charge on any atom is 0.361 e. The Labute approximate surface area is 114 Å². The number of halogens is 2. The van der Waals surface area contributed by atoms with Crippen molar-refractivity contribution < 1.29 is 23.1 Å². The summed E-state index contributed by atoms with van der Waals surface area (Å²) in [7, 11) is 0. The molecule has 0 aliphatic heterocycles. The summed E-state index contributed by atoms with van der Waals surface area (Å²) < 4.78 is 31.5. The van der Waals surface area contributed by atoms with Crippen molar-refractivity contribution in [3.8, 4) is 0 Å². The number of hydrogen-bond acceptors (Lipinski definition) is 5. The Morgan fingerprint density at radius 3 is 2.65 bits per heavy atom. The van der Waals surface area contributed by atoms with Gasteiger partial charge in [-0.2, -0.15) is 0 Å². The second-order valence-electron chi connectivity index (χ2n) is 3.77. The number of aryl methyl sites for hydroxylation is 1. The van der Waals surface area contributed by atoms with Gasteiger partial charge in [0.25, 0.3) is 6.43 Å². The highest BCUT2D eigenvalue weighted by molar-refractivity contribution is 5.88. The summed E-state index contributed by atoms with van der Waals surface area (Å²) in [5.74, 6) is -1.24. The van der Waals surface area contributed by atoms with Gasteiger partial charge in [0.1, 0.15) is 5.69 Å². The Hall–Kier alpha value is -2.06. The fraction of sp³-hybridized carbons (Fsp3) is 0.636. The van der Waals surface area contributed by atoms with Gasteiger partial charge in [-0.3, -0.25) is 4.79 Å². The number of nitrogens with one attached hydrogen (secondary N) is 1. The van der Waals surface area contributed by atoms with Gasteiger partial charge in [0, 0.05) is 13.0 Å². The molecule has 0 bridgehead atoms. The molecule has 20 heavy (non-hydrogen) atoms. The number of alkyl halides is 2. The number of carbonyl (C=O) groups excluding carboxylic acids is 2. The Morgan fingerprint density at radius 1 is 1.40 bits per heavy atom. The van der Waals surface area contributed by atoms with Crippen molar-refractivity contribution in [3.63, 3.8) is 0 Å². The Kier molecular flexibility index (Phi) is 6.01. The van der Waals surface area contributed by atoms with Crippen LogP contribution in [0.5, 0.6) is 0 Å². The van der Waals surface area contributed by atoms with Crippen LogP contribution in [0.15, 0.2) is 0 Å². The van der Waals surface area contributed by atoms with Crippen LogP contribution in [-0.4, -0.2) is 40.0 Å². The van der Waals surface area contributed by atoms with Gasteiger partial charge in [0.15, 0.2) is 5.69 Å². The zero-order chi connectivity index (χ0) is 15.1. The van der Waals surface area contributed by atoms with E-state index in [2.05, 4.69) is 20.4 Å². The first kappa shape index (κ1) is 16.0. The van der Waals surface area contributed by atoms with Crippen LogP contribution >= 0.6 is 0 Å². The molecule has 1 N–H and O–H groups in total. The Morgan fingerprint density at radius 2 is 2.10 bits per heavy atom. The maximum atomic E-state index is 13.0. The average Bonchev–Trinajstić information content (AvgIpc) is 2.81. The number of ether oxygens (including phenoxy) is 1. The fourth-order valence-corrected chi connectivity index (χ4v) is 1.54. The molecule has 0 saturated heterocycles. The van der Waals surface area contributed by atoms with E-state index >= 15 is 0 Å². The van der Waals surface area contributed by atoms with Gasteiger partial charge in [-0.05, 0) is 13.8 Å². The van der Waals surface area contributed by atoms with Crippen molar-refractivity contribution in [3.05, 3.63) is 11.4 Å². The van der Waals surface area contributed by atoms with E-state index in [0.29, 0.717) is 6.54 Å². The molecule has 0 aromatic carbocycles. The topological polar surface area (TPSA) is 86.1 Å². The van der Waals surface area contributed by atoms with Crippen LogP contribution in [0.4, 0.5) is 8.78 Å². The number of aromatic nitrogens is 3. The molecular formula is C11H16F2N4O3. The molecule has 1 amide bonds. The third-order valence-corrected chi connectivity index (χ3v) is 2.37. The molecule has 0 spiro atoms. The van der Waals surface area contributed by atoms with Gasteiger partial charge in [0.05, 0.1) is 13.2 Å². The molecule has 112 valence electrons. The second kappa shape index (κ2) is 7.51. The number of esters is 1. The lowest BCUT2D eigenvalue weighted by Crippen LogP contribution is -2.24. The van der Waals surface area contributed by atoms with Crippen LogP contribution in [-0.2, 0) is 16.1 Å². The summed E-state index contributed by atoms with van der Waals surface area (Å²) in [6, 6.07) is 0. The number of carbonyl (C=O) groups is 2. The molecule has 1 aromatic heterocycles. The fourth-order valence-electron chi connectivity index (χ4n) is 1.54. The zero-order valence-electron chi connectivity index (χ0n) is 11.2. The third kappa shape index (κ3) is 3.97. The highest BCUT2D eigenvalue weighted by atomic mass is 19.3. The molecule has 0 unspecified atom stereocenters. The molecule has 0 saturated carbocycles. The molecule has 1 rings (SSSR count). The summed E-state index contributed by atoms with van der Waals surface area (Å²) in [6.07, 6.45) is -2.96. The minimum atomic E-state index is -2.93. The van der Waals surface area contributed by atoms with Crippen LogP contribution in [0.3, 0.4) is 0 Å². The molecule has 1 heterocycles. The van der Waals surface area contributed by atoms with Gasteiger partial charge in [0.2, 0.25) is 5.91 Å². The van der Waals surface area contributed by atoms with Crippen molar-refractivity contribution >= 4 is 11.9 Å². The van der Waals surface area contributed by atoms with E-state index in [9.17, 15) is 18.4 Å². The average molecular weight is 290 g/mol. The number of rotatable bonds is 7. The molecule has 0 radical (unpaired) electrons. The summed E-state index contributed by atoms with van der Waals surface area (Å²) >= 11 is 0. The third-order valence-electron chi connectivity index (χ3n) is 2.37. The Balaban J connectivity index is 2.86. The smallest absolute Gasteiger partial charge is 0.361 e. The van der Waals surface area contributed by atoms with Crippen LogP contribution in [0.25, 0.3) is 0 Å². The van der Waals surface area contributed by atoms with E-state index in [1.165, 1.54) is 0 Å². The largest absolute Gasteiger partial charge is 0.461 e. The van der Waals surface area contributed by atoms with Gasteiger partial charge in [-0.25, -0.2) is 18.3 Å². The lowest BCUT2D eigenvalue weighted by Gasteiger charge is -2.07. The first-order chi connectivity index (χ1) is 9.51. The van der Waals surface area contributed by atoms with Crippen LogP contribution in [0.1, 0.15) is 42.9 Å². The summed E-state index contributed by atoms with van der Waals surface area (Å²) in [5.41, 5.74) is -1.15. The monoisotopic (exact) mass is 290 g/mol. The molecule has 0 fully saturated rings. The second-order valence-corrected chi connectivity index (χ2v) is 3.77. The van der Waals surface area contributed by atoms with Gasteiger partial charge in [-0.1, -0.05) is 5.21 Å². The quantitative estimate of drug-likeness (QED) is 0.755. The van der Waals surface area contributed by atoms with E-state index in [1.54, 1.807) is 13.8 Å². The lowest BCUT2D eigenvalue weighted by atomic mass is 10.3. The van der Waals surface area contributed by atoms with E-state index in [4.69, 9.17) is 0 Å². The first-order valence-corrected chi connectivity index (χ1v) is 6.16. The van der Waals surface area contributed by atoms with E-state index < -0.39 is 23.8 Å². The molecule has 0 aliphatic carbocycles. The van der Waals surface area contributed by atoms with Crippen LogP contribution in [0.2, 0.25) is 0 Å². The van der Waals surface area contributed by atoms with Gasteiger partial charge < -0.3 is 10.1 Å². The van der Waals surface area contributed by atoms with Crippen molar-refractivity contribution in [1.82, 2.24) is 20.3 Å².